The smallest absolute Gasteiger partial charge is 0.0166 e. The summed E-state index contributed by atoms with van der Waals surface area (Å²) in [6.45, 7) is 10.6. The molecular formula is C12H26N2S. The van der Waals surface area contributed by atoms with Crippen molar-refractivity contribution in [2.75, 3.05) is 31.1 Å². The van der Waals surface area contributed by atoms with Crippen molar-refractivity contribution in [2.24, 2.45) is 0 Å². The van der Waals surface area contributed by atoms with E-state index in [0.29, 0.717) is 6.04 Å². The molecule has 2 atom stereocenters. The third-order valence-electron chi connectivity index (χ3n) is 3.12. The van der Waals surface area contributed by atoms with Crippen molar-refractivity contribution in [3.63, 3.8) is 0 Å². The highest BCUT2D eigenvalue weighted by atomic mass is 32.2. The second-order valence-electron chi connectivity index (χ2n) is 4.54. The monoisotopic (exact) mass is 230 g/mol. The van der Waals surface area contributed by atoms with Gasteiger partial charge in [0.2, 0.25) is 0 Å². The minimum absolute atomic E-state index is 0.661. The van der Waals surface area contributed by atoms with Gasteiger partial charge in [-0.25, -0.2) is 0 Å². The van der Waals surface area contributed by atoms with Crippen LogP contribution in [-0.4, -0.2) is 48.1 Å². The van der Waals surface area contributed by atoms with Crippen LogP contribution in [0.15, 0.2) is 0 Å². The summed E-state index contributed by atoms with van der Waals surface area (Å²) in [6.07, 6.45) is 2.64. The molecule has 1 N–H and O–H groups in total. The van der Waals surface area contributed by atoms with Gasteiger partial charge in [0.25, 0.3) is 0 Å². The van der Waals surface area contributed by atoms with Gasteiger partial charge in [0, 0.05) is 18.6 Å². The number of hydrogen-bond donors (Lipinski definition) is 1. The molecule has 1 aliphatic rings. The summed E-state index contributed by atoms with van der Waals surface area (Å²) < 4.78 is 0. The predicted molar refractivity (Wildman–Crippen MR) is 70.7 cm³/mol. The molecule has 2 nitrogen and oxygen atoms in total. The Kier molecular flexibility index (Phi) is 6.69. The molecule has 2 unspecified atom stereocenters. The summed E-state index contributed by atoms with van der Waals surface area (Å²) in [5.41, 5.74) is 0. The lowest BCUT2D eigenvalue weighted by Crippen LogP contribution is -2.39. The lowest BCUT2D eigenvalue weighted by atomic mass is 10.2. The van der Waals surface area contributed by atoms with Crippen molar-refractivity contribution in [3.05, 3.63) is 0 Å². The zero-order valence-corrected chi connectivity index (χ0v) is 11.3. The Bertz CT molecular complexity index is 164. The average molecular weight is 230 g/mol. The van der Waals surface area contributed by atoms with Crippen LogP contribution in [0.3, 0.4) is 0 Å². The summed E-state index contributed by atoms with van der Waals surface area (Å²) in [5, 5.41) is 3.56. The third-order valence-corrected chi connectivity index (χ3v) is 4.11. The molecule has 0 bridgehead atoms. The molecule has 0 aromatic carbocycles. The van der Waals surface area contributed by atoms with Crippen LogP contribution >= 0.6 is 11.8 Å². The maximum absolute atomic E-state index is 3.56. The van der Waals surface area contributed by atoms with E-state index in [9.17, 15) is 0 Å². The standard InChI is InChI=1S/C12H26N2S/c1-4-15-9-5-8-14-10-11(2)13-7-6-12(14)3/h11-13H,4-10H2,1-3H3. The molecule has 0 radical (unpaired) electrons. The molecule has 15 heavy (non-hydrogen) atoms. The lowest BCUT2D eigenvalue weighted by molar-refractivity contribution is 0.208. The molecule has 0 spiro atoms. The highest BCUT2D eigenvalue weighted by Crippen LogP contribution is 2.11. The number of nitrogens with one attached hydrogen (secondary N) is 1. The molecular weight excluding hydrogens is 204 g/mol. The Morgan fingerprint density at radius 3 is 2.93 bits per heavy atom. The lowest BCUT2D eigenvalue weighted by Gasteiger charge is -2.27. The summed E-state index contributed by atoms with van der Waals surface area (Å²) in [5.74, 6) is 2.58. The first-order chi connectivity index (χ1) is 7.24. The van der Waals surface area contributed by atoms with Crippen LogP contribution in [0, 0.1) is 0 Å². The summed E-state index contributed by atoms with van der Waals surface area (Å²) in [6, 6.07) is 1.42. The number of rotatable bonds is 5. The van der Waals surface area contributed by atoms with E-state index in [2.05, 4.69) is 42.7 Å². The molecule has 0 aromatic heterocycles. The van der Waals surface area contributed by atoms with Gasteiger partial charge in [-0.05, 0) is 51.3 Å². The first-order valence-electron chi connectivity index (χ1n) is 6.29. The van der Waals surface area contributed by atoms with Crippen LogP contribution in [0.2, 0.25) is 0 Å². The van der Waals surface area contributed by atoms with E-state index in [1.54, 1.807) is 0 Å². The molecule has 0 aromatic rings. The predicted octanol–water partition coefficient (Wildman–Crippen LogP) is 2.20. The van der Waals surface area contributed by atoms with E-state index in [1.807, 2.05) is 0 Å². The second kappa shape index (κ2) is 7.53. The minimum atomic E-state index is 0.661. The molecule has 3 heteroatoms. The first-order valence-corrected chi connectivity index (χ1v) is 7.44. The largest absolute Gasteiger partial charge is 0.313 e. The maximum Gasteiger partial charge on any atom is 0.0166 e. The Morgan fingerprint density at radius 2 is 2.20 bits per heavy atom. The van der Waals surface area contributed by atoms with Crippen molar-refractivity contribution in [1.29, 1.82) is 0 Å². The molecule has 1 aliphatic heterocycles. The Balaban J connectivity index is 2.23. The van der Waals surface area contributed by atoms with Crippen LogP contribution in [0.4, 0.5) is 0 Å². The van der Waals surface area contributed by atoms with Gasteiger partial charge in [-0.2, -0.15) is 11.8 Å². The topological polar surface area (TPSA) is 15.3 Å². The molecule has 1 saturated heterocycles. The van der Waals surface area contributed by atoms with Crippen molar-refractivity contribution in [3.8, 4) is 0 Å². The summed E-state index contributed by atoms with van der Waals surface area (Å²) >= 11 is 2.06. The normalized spacial score (nSPS) is 29.0. The Labute approximate surface area is 99.2 Å². The van der Waals surface area contributed by atoms with Crippen LogP contribution in [0.5, 0.6) is 0 Å². The molecule has 90 valence electrons. The fourth-order valence-electron chi connectivity index (χ4n) is 2.14. The van der Waals surface area contributed by atoms with E-state index in [4.69, 9.17) is 0 Å². The van der Waals surface area contributed by atoms with Gasteiger partial charge in [-0.1, -0.05) is 6.92 Å². The maximum atomic E-state index is 3.56. The minimum Gasteiger partial charge on any atom is -0.313 e. The third kappa shape index (κ3) is 5.23. The Hall–Kier alpha value is 0.270. The molecule has 0 saturated carbocycles. The van der Waals surface area contributed by atoms with E-state index >= 15 is 0 Å². The molecule has 1 rings (SSSR count). The second-order valence-corrected chi connectivity index (χ2v) is 5.93. The first kappa shape index (κ1) is 13.3. The zero-order chi connectivity index (χ0) is 11.1. The summed E-state index contributed by atoms with van der Waals surface area (Å²) in [4.78, 5) is 2.65. The molecule has 0 amide bonds. The van der Waals surface area contributed by atoms with E-state index < -0.39 is 0 Å². The van der Waals surface area contributed by atoms with Gasteiger partial charge in [0.05, 0.1) is 0 Å². The SMILES string of the molecule is CCSCCCN1CC(C)NCCC1C. The number of thioether (sulfide) groups is 1. The van der Waals surface area contributed by atoms with E-state index in [0.717, 1.165) is 6.04 Å². The van der Waals surface area contributed by atoms with Crippen molar-refractivity contribution in [1.82, 2.24) is 10.2 Å². The van der Waals surface area contributed by atoms with Gasteiger partial charge in [-0.15, -0.1) is 0 Å². The van der Waals surface area contributed by atoms with Crippen LogP contribution < -0.4 is 5.32 Å². The van der Waals surface area contributed by atoms with Gasteiger partial charge < -0.3 is 5.32 Å². The summed E-state index contributed by atoms with van der Waals surface area (Å²) in [7, 11) is 0. The van der Waals surface area contributed by atoms with Gasteiger partial charge >= 0.3 is 0 Å². The van der Waals surface area contributed by atoms with Crippen LogP contribution in [-0.2, 0) is 0 Å². The fraction of sp³-hybridized carbons (Fsp3) is 1.00. The van der Waals surface area contributed by atoms with Gasteiger partial charge in [0.1, 0.15) is 0 Å². The zero-order valence-electron chi connectivity index (χ0n) is 10.5. The van der Waals surface area contributed by atoms with Crippen LogP contribution in [0.1, 0.15) is 33.6 Å². The van der Waals surface area contributed by atoms with Crippen LogP contribution in [0.25, 0.3) is 0 Å². The Morgan fingerprint density at radius 1 is 1.40 bits per heavy atom. The van der Waals surface area contributed by atoms with Gasteiger partial charge in [0.15, 0.2) is 0 Å². The molecule has 0 aliphatic carbocycles. The molecule has 1 fully saturated rings. The van der Waals surface area contributed by atoms with E-state index in [-0.39, 0.29) is 0 Å². The fourth-order valence-corrected chi connectivity index (χ4v) is 2.77. The van der Waals surface area contributed by atoms with Crippen molar-refractivity contribution < 1.29 is 0 Å². The highest BCUT2D eigenvalue weighted by Gasteiger charge is 2.19. The average Bonchev–Trinajstić information content (AvgIpc) is 2.36. The number of nitrogens with zero attached hydrogens (tertiary/aromatic N) is 1. The molecule has 1 heterocycles. The number of hydrogen-bond acceptors (Lipinski definition) is 3. The van der Waals surface area contributed by atoms with E-state index in [1.165, 1.54) is 44.0 Å². The van der Waals surface area contributed by atoms with Crippen molar-refractivity contribution in [2.45, 2.75) is 45.7 Å². The van der Waals surface area contributed by atoms with Crippen molar-refractivity contribution >= 4 is 11.8 Å². The quantitative estimate of drug-likeness (QED) is 0.729. The highest BCUT2D eigenvalue weighted by molar-refractivity contribution is 7.99. The van der Waals surface area contributed by atoms with Gasteiger partial charge in [-0.3, -0.25) is 4.90 Å².